The molecule has 6 unspecified atom stereocenters. The Morgan fingerprint density at radius 1 is 1.33 bits per heavy atom. The van der Waals surface area contributed by atoms with Gasteiger partial charge in [0.1, 0.15) is 12.2 Å². The van der Waals surface area contributed by atoms with Gasteiger partial charge in [0.25, 0.3) is 0 Å². The maximum Gasteiger partial charge on any atom is 0.351 e. The standard InChI is InChI=1S/C22H26O8/c1-9-7-14(25)16-10(2)8-15(28-20(26)11(3)12(4)23)18-19(17(9)16)29-21(27)22(18,6)30-13(5)24/h7,12,15,17-19,23H,3,8H2,1-2,4-6H3. The molecule has 0 amide bonds. The van der Waals surface area contributed by atoms with Gasteiger partial charge in [-0.15, -0.1) is 0 Å². The molecule has 0 aromatic heterocycles. The topological polar surface area (TPSA) is 116 Å². The van der Waals surface area contributed by atoms with Gasteiger partial charge in [0.05, 0.1) is 17.6 Å². The van der Waals surface area contributed by atoms with E-state index in [1.807, 2.05) is 0 Å². The smallest absolute Gasteiger partial charge is 0.351 e. The third-order valence-electron chi connectivity index (χ3n) is 6.14. The number of fused-ring (bicyclic) bond motifs is 3. The molecule has 1 heterocycles. The van der Waals surface area contributed by atoms with Crippen molar-refractivity contribution < 1.29 is 38.5 Å². The number of hydrogen-bond donors (Lipinski definition) is 1. The van der Waals surface area contributed by atoms with Gasteiger partial charge in [0.15, 0.2) is 5.78 Å². The molecule has 30 heavy (non-hydrogen) atoms. The second-order valence-electron chi connectivity index (χ2n) is 8.37. The van der Waals surface area contributed by atoms with Gasteiger partial charge in [0.2, 0.25) is 5.60 Å². The highest BCUT2D eigenvalue weighted by molar-refractivity contribution is 6.09. The van der Waals surface area contributed by atoms with Crippen LogP contribution in [0.25, 0.3) is 0 Å². The van der Waals surface area contributed by atoms with E-state index in [0.29, 0.717) is 11.1 Å². The molecule has 0 aromatic carbocycles. The minimum atomic E-state index is -1.70. The highest BCUT2D eigenvalue weighted by Crippen LogP contribution is 2.51. The third-order valence-corrected chi connectivity index (χ3v) is 6.14. The molecule has 0 spiro atoms. The normalized spacial score (nSPS) is 33.7. The van der Waals surface area contributed by atoms with Crippen LogP contribution in [0.4, 0.5) is 0 Å². The number of allylic oxidation sites excluding steroid dienone is 1. The fourth-order valence-electron chi connectivity index (χ4n) is 4.71. The first-order chi connectivity index (χ1) is 13.9. The van der Waals surface area contributed by atoms with E-state index >= 15 is 0 Å². The second kappa shape index (κ2) is 7.50. The summed E-state index contributed by atoms with van der Waals surface area (Å²) in [5.74, 6) is -3.81. The quantitative estimate of drug-likeness (QED) is 0.415. The molecule has 1 aliphatic heterocycles. The van der Waals surface area contributed by atoms with Gasteiger partial charge < -0.3 is 19.3 Å². The zero-order valence-electron chi connectivity index (χ0n) is 17.7. The molecule has 8 nitrogen and oxygen atoms in total. The Balaban J connectivity index is 2.10. The van der Waals surface area contributed by atoms with E-state index in [4.69, 9.17) is 14.2 Å². The van der Waals surface area contributed by atoms with Crippen LogP contribution >= 0.6 is 0 Å². The van der Waals surface area contributed by atoms with Crippen LogP contribution in [0.3, 0.4) is 0 Å². The lowest BCUT2D eigenvalue weighted by Gasteiger charge is -2.34. The van der Waals surface area contributed by atoms with Crippen molar-refractivity contribution in [2.24, 2.45) is 11.8 Å². The highest BCUT2D eigenvalue weighted by atomic mass is 16.6. The molecule has 0 radical (unpaired) electrons. The summed E-state index contributed by atoms with van der Waals surface area (Å²) >= 11 is 0. The lowest BCUT2D eigenvalue weighted by Crippen LogP contribution is -2.50. The molecular formula is C22H26O8. The number of hydrogen-bond acceptors (Lipinski definition) is 8. The van der Waals surface area contributed by atoms with E-state index in [0.717, 1.165) is 5.57 Å². The molecule has 1 fully saturated rings. The second-order valence-corrected chi connectivity index (χ2v) is 8.37. The van der Waals surface area contributed by atoms with Crippen LogP contribution in [0.15, 0.2) is 34.9 Å². The minimum Gasteiger partial charge on any atom is -0.458 e. The lowest BCUT2D eigenvalue weighted by molar-refractivity contribution is -0.176. The van der Waals surface area contributed by atoms with Gasteiger partial charge >= 0.3 is 17.9 Å². The van der Waals surface area contributed by atoms with Crippen molar-refractivity contribution in [3.8, 4) is 0 Å². The van der Waals surface area contributed by atoms with Crippen molar-refractivity contribution in [1.82, 2.24) is 0 Å². The van der Waals surface area contributed by atoms with Gasteiger partial charge in [-0.25, -0.2) is 9.59 Å². The predicted molar refractivity (Wildman–Crippen MR) is 104 cm³/mol. The Morgan fingerprint density at radius 2 is 1.97 bits per heavy atom. The maximum atomic E-state index is 12.8. The minimum absolute atomic E-state index is 0.145. The molecular weight excluding hydrogens is 392 g/mol. The van der Waals surface area contributed by atoms with Crippen LogP contribution in [0, 0.1) is 11.8 Å². The Labute approximate surface area is 174 Å². The Kier molecular flexibility index (Phi) is 5.49. The number of aliphatic hydroxyl groups excluding tert-OH is 1. The Morgan fingerprint density at radius 3 is 2.53 bits per heavy atom. The molecule has 3 rings (SSSR count). The first kappa shape index (κ1) is 22.0. The molecule has 0 bridgehead atoms. The van der Waals surface area contributed by atoms with Crippen LogP contribution in [0.1, 0.15) is 41.0 Å². The molecule has 1 N–H and O–H groups in total. The number of aliphatic hydroxyl groups is 1. The summed E-state index contributed by atoms with van der Waals surface area (Å²) in [6.45, 7) is 11.1. The Bertz CT molecular complexity index is 908. The van der Waals surface area contributed by atoms with E-state index < -0.39 is 53.7 Å². The van der Waals surface area contributed by atoms with E-state index in [2.05, 4.69) is 6.58 Å². The van der Waals surface area contributed by atoms with Crippen molar-refractivity contribution in [3.63, 3.8) is 0 Å². The van der Waals surface area contributed by atoms with Gasteiger partial charge in [0, 0.05) is 24.8 Å². The molecule has 1 saturated heterocycles. The van der Waals surface area contributed by atoms with Crippen molar-refractivity contribution in [2.45, 2.75) is 65.0 Å². The number of ether oxygens (including phenoxy) is 3. The largest absolute Gasteiger partial charge is 0.458 e. The van der Waals surface area contributed by atoms with E-state index in [1.54, 1.807) is 13.8 Å². The monoisotopic (exact) mass is 418 g/mol. The maximum absolute atomic E-state index is 12.8. The van der Waals surface area contributed by atoms with Gasteiger partial charge in [-0.1, -0.05) is 17.7 Å². The van der Waals surface area contributed by atoms with Crippen LogP contribution in [0.5, 0.6) is 0 Å². The molecule has 2 aliphatic carbocycles. The van der Waals surface area contributed by atoms with Crippen molar-refractivity contribution >= 4 is 23.7 Å². The van der Waals surface area contributed by atoms with Crippen molar-refractivity contribution in [1.29, 1.82) is 0 Å². The molecule has 8 heteroatoms. The predicted octanol–water partition coefficient (Wildman–Crippen LogP) is 1.56. The van der Waals surface area contributed by atoms with Crippen molar-refractivity contribution in [3.05, 3.63) is 34.9 Å². The summed E-state index contributed by atoms with van der Waals surface area (Å²) in [5, 5.41) is 9.67. The Hall–Kier alpha value is -2.74. The molecule has 0 saturated carbocycles. The number of carbonyl (C=O) groups is 4. The van der Waals surface area contributed by atoms with Crippen molar-refractivity contribution in [2.75, 3.05) is 0 Å². The molecule has 0 aromatic rings. The first-order valence-corrected chi connectivity index (χ1v) is 9.79. The average Bonchev–Trinajstić information content (AvgIpc) is 3.00. The van der Waals surface area contributed by atoms with Gasteiger partial charge in [-0.2, -0.15) is 0 Å². The summed E-state index contributed by atoms with van der Waals surface area (Å²) in [7, 11) is 0. The summed E-state index contributed by atoms with van der Waals surface area (Å²) in [4.78, 5) is 49.8. The van der Waals surface area contributed by atoms with E-state index in [-0.39, 0.29) is 17.8 Å². The lowest BCUT2D eigenvalue weighted by atomic mass is 9.77. The number of rotatable bonds is 4. The zero-order chi connectivity index (χ0) is 22.5. The fourth-order valence-corrected chi connectivity index (χ4v) is 4.71. The summed E-state index contributed by atoms with van der Waals surface area (Å²) in [5.41, 5.74) is 0.0943. The number of carbonyl (C=O) groups excluding carboxylic acids is 4. The summed E-state index contributed by atoms with van der Waals surface area (Å²) in [6, 6.07) is 0. The third kappa shape index (κ3) is 3.39. The van der Waals surface area contributed by atoms with E-state index in [9.17, 15) is 24.3 Å². The van der Waals surface area contributed by atoms with Gasteiger partial charge in [-0.3, -0.25) is 9.59 Å². The summed E-state index contributed by atoms with van der Waals surface area (Å²) in [6.07, 6.45) is -1.25. The average molecular weight is 418 g/mol. The van der Waals surface area contributed by atoms with Crippen LogP contribution in [0.2, 0.25) is 0 Å². The zero-order valence-corrected chi connectivity index (χ0v) is 17.7. The molecule has 6 atom stereocenters. The molecule has 162 valence electrons. The van der Waals surface area contributed by atoms with Crippen LogP contribution in [-0.4, -0.2) is 52.7 Å². The van der Waals surface area contributed by atoms with Crippen LogP contribution < -0.4 is 0 Å². The summed E-state index contributed by atoms with van der Waals surface area (Å²) < 4.78 is 16.7. The fraction of sp³-hybridized carbons (Fsp3) is 0.545. The van der Waals surface area contributed by atoms with Crippen LogP contribution in [-0.2, 0) is 33.4 Å². The van der Waals surface area contributed by atoms with Gasteiger partial charge in [-0.05, 0) is 33.8 Å². The highest BCUT2D eigenvalue weighted by Gasteiger charge is 2.65. The molecule has 3 aliphatic rings. The SMILES string of the molecule is C=C(C(=O)OC1CC(C)=C2C(=O)C=C(C)C2C2OC(=O)C(C)(OC(C)=O)C12)C(C)O. The first-order valence-electron chi connectivity index (χ1n) is 9.79. The number of ketones is 1. The number of esters is 3. The van der Waals surface area contributed by atoms with E-state index in [1.165, 1.54) is 26.8 Å².